The smallest absolute Gasteiger partial charge is 0.475 e. The molecule has 0 saturated heterocycles. The van der Waals surface area contributed by atoms with E-state index in [-0.39, 0.29) is 0 Å². The molecule has 0 bridgehead atoms. The number of ether oxygens (including phenoxy) is 1. The molecule has 220 valence electrons. The molecule has 15 heteroatoms. The van der Waals surface area contributed by atoms with Gasteiger partial charge in [0.05, 0.1) is 25.1 Å². The van der Waals surface area contributed by atoms with E-state index < -0.39 is 24.3 Å². The molecule has 3 heterocycles. The first-order valence-corrected chi connectivity index (χ1v) is 12.2. The summed E-state index contributed by atoms with van der Waals surface area (Å²) in [6.45, 7) is 7.42. The van der Waals surface area contributed by atoms with Gasteiger partial charge in [-0.25, -0.2) is 9.59 Å². The van der Waals surface area contributed by atoms with Crippen LogP contribution in [0.2, 0.25) is 0 Å². The molecule has 0 radical (unpaired) electrons. The van der Waals surface area contributed by atoms with Gasteiger partial charge >= 0.3 is 24.3 Å². The Morgan fingerprint density at radius 2 is 1.69 bits per heavy atom. The fourth-order valence-electron chi connectivity index (χ4n) is 4.33. The molecule has 2 N–H and O–H groups in total. The molecular weight excluding hydrogens is 540 g/mol. The summed E-state index contributed by atoms with van der Waals surface area (Å²) in [7, 11) is 0. The summed E-state index contributed by atoms with van der Waals surface area (Å²) in [5, 5.41) is 19.2. The molecule has 0 amide bonds. The number of fused-ring (bicyclic) bond motifs is 1. The van der Waals surface area contributed by atoms with E-state index in [0.29, 0.717) is 5.92 Å². The van der Waals surface area contributed by atoms with Crippen molar-refractivity contribution in [2.24, 2.45) is 5.92 Å². The Hall–Kier alpha value is -3.07. The Morgan fingerprint density at radius 3 is 2.18 bits per heavy atom. The number of hydrogen-bond acceptors (Lipinski definition) is 6. The molecule has 1 saturated carbocycles. The van der Waals surface area contributed by atoms with Crippen molar-refractivity contribution < 1.29 is 55.3 Å². The zero-order chi connectivity index (χ0) is 29.2. The topological polar surface area (TPSA) is 118 Å². The van der Waals surface area contributed by atoms with Gasteiger partial charge in [-0.1, -0.05) is 12.8 Å². The second kappa shape index (κ2) is 14.4. The second-order valence-electron chi connectivity index (χ2n) is 9.12. The van der Waals surface area contributed by atoms with Crippen LogP contribution in [-0.2, 0) is 34.0 Å². The minimum Gasteiger partial charge on any atom is -0.475 e. The number of aromatic nitrogens is 2. The van der Waals surface area contributed by atoms with Crippen LogP contribution < -0.4 is 0 Å². The number of carboxylic acids is 2. The Morgan fingerprint density at radius 1 is 1.10 bits per heavy atom. The molecule has 2 aliphatic rings. The highest BCUT2D eigenvalue weighted by atomic mass is 19.4. The highest BCUT2D eigenvalue weighted by molar-refractivity contribution is 5.73. The lowest BCUT2D eigenvalue weighted by molar-refractivity contribution is -0.193. The number of rotatable bonds is 7. The summed E-state index contributed by atoms with van der Waals surface area (Å²) >= 11 is 0. The summed E-state index contributed by atoms with van der Waals surface area (Å²) in [5.74, 6) is -3.33. The number of carboxylic acid groups (broad SMARTS) is 2. The van der Waals surface area contributed by atoms with Crippen molar-refractivity contribution in [2.45, 2.75) is 70.5 Å². The molecule has 1 unspecified atom stereocenters. The van der Waals surface area contributed by atoms with E-state index in [1.807, 2.05) is 6.07 Å². The first-order valence-electron chi connectivity index (χ1n) is 12.2. The molecule has 1 aliphatic carbocycles. The highest BCUT2D eigenvalue weighted by Crippen LogP contribution is 2.31. The Kier molecular flexibility index (Phi) is 11.8. The quantitative estimate of drug-likeness (QED) is 0.443. The molecule has 2 aromatic heterocycles. The average Bonchev–Trinajstić information content (AvgIpc) is 3.60. The SMILES string of the molecule is CCOCC1CN(Cc2ccco2)Cc2cn(CC3CCCC3)nc21.O=C(O)C(F)(F)F.O=C(O)C(F)(F)F. The summed E-state index contributed by atoms with van der Waals surface area (Å²) in [4.78, 5) is 20.2. The van der Waals surface area contributed by atoms with Crippen LogP contribution in [0.4, 0.5) is 26.3 Å². The van der Waals surface area contributed by atoms with Crippen LogP contribution in [0.3, 0.4) is 0 Å². The van der Waals surface area contributed by atoms with Crippen LogP contribution in [0, 0.1) is 5.92 Å². The van der Waals surface area contributed by atoms with Crippen molar-refractivity contribution in [1.82, 2.24) is 14.7 Å². The van der Waals surface area contributed by atoms with Crippen molar-refractivity contribution in [3.8, 4) is 0 Å². The van der Waals surface area contributed by atoms with E-state index in [1.54, 1.807) is 6.26 Å². The number of alkyl halides is 6. The van der Waals surface area contributed by atoms with Crippen molar-refractivity contribution in [1.29, 1.82) is 0 Å². The van der Waals surface area contributed by atoms with E-state index in [9.17, 15) is 26.3 Å². The molecule has 1 aliphatic heterocycles. The van der Waals surface area contributed by atoms with Crippen molar-refractivity contribution >= 4 is 11.9 Å². The summed E-state index contributed by atoms with van der Waals surface area (Å²) in [6, 6.07) is 4.01. The molecule has 2 aromatic rings. The van der Waals surface area contributed by atoms with Crippen LogP contribution in [0.1, 0.15) is 55.5 Å². The Labute approximate surface area is 220 Å². The van der Waals surface area contributed by atoms with Gasteiger partial charge in [0.2, 0.25) is 0 Å². The average molecular weight is 572 g/mol. The van der Waals surface area contributed by atoms with E-state index in [0.717, 1.165) is 51.1 Å². The molecule has 39 heavy (non-hydrogen) atoms. The van der Waals surface area contributed by atoms with E-state index in [4.69, 9.17) is 34.1 Å². The zero-order valence-electron chi connectivity index (χ0n) is 21.2. The Balaban J connectivity index is 0.000000317. The van der Waals surface area contributed by atoms with E-state index in [1.165, 1.54) is 36.9 Å². The third-order valence-electron chi connectivity index (χ3n) is 6.02. The zero-order valence-corrected chi connectivity index (χ0v) is 21.2. The minimum atomic E-state index is -5.08. The standard InChI is InChI=1S/C20H29N3O2.2C2HF3O2/c1-2-24-15-18-12-22(14-19-8-5-9-25-19)11-17-13-23(21-20(17)18)10-16-6-3-4-7-16;2*3-2(4,5)1(6)7/h5,8-9,13,16,18H,2-4,6-7,10-12,14-15H2,1H3;2*(H,6,7). The summed E-state index contributed by atoms with van der Waals surface area (Å²) in [5.41, 5.74) is 2.61. The number of carbonyl (C=O) groups is 2. The molecule has 1 atom stereocenters. The predicted octanol–water partition coefficient (Wildman–Crippen LogP) is 5.07. The van der Waals surface area contributed by atoms with Gasteiger partial charge in [0.15, 0.2) is 0 Å². The first-order chi connectivity index (χ1) is 18.2. The molecule has 4 rings (SSSR count). The van der Waals surface area contributed by atoms with Gasteiger partial charge in [-0.3, -0.25) is 9.58 Å². The van der Waals surface area contributed by atoms with Gasteiger partial charge in [-0.15, -0.1) is 0 Å². The van der Waals surface area contributed by atoms with Gasteiger partial charge in [-0.2, -0.15) is 31.4 Å². The monoisotopic (exact) mass is 571 g/mol. The van der Waals surface area contributed by atoms with Crippen LogP contribution >= 0.6 is 0 Å². The Bertz CT molecular complexity index is 1010. The van der Waals surface area contributed by atoms with Gasteiger partial charge < -0.3 is 19.4 Å². The maximum Gasteiger partial charge on any atom is 0.490 e. The van der Waals surface area contributed by atoms with E-state index in [2.05, 4.69) is 28.8 Å². The lowest BCUT2D eigenvalue weighted by atomic mass is 9.97. The maximum atomic E-state index is 10.6. The fourth-order valence-corrected chi connectivity index (χ4v) is 4.33. The first kappa shape index (κ1) is 32.1. The van der Waals surface area contributed by atoms with Crippen LogP contribution in [0.15, 0.2) is 29.0 Å². The molecule has 0 aromatic carbocycles. The van der Waals surface area contributed by atoms with Crippen molar-refractivity contribution in [3.05, 3.63) is 41.6 Å². The van der Waals surface area contributed by atoms with E-state index >= 15 is 0 Å². The number of aliphatic carboxylic acids is 2. The van der Waals surface area contributed by atoms with Crippen molar-refractivity contribution in [2.75, 3.05) is 19.8 Å². The molecular formula is C24H31F6N3O6. The number of nitrogens with zero attached hydrogens (tertiary/aromatic N) is 3. The van der Waals surface area contributed by atoms with Crippen LogP contribution in [-0.4, -0.2) is 68.9 Å². The number of halogens is 6. The number of hydrogen-bond donors (Lipinski definition) is 2. The number of furan rings is 1. The summed E-state index contributed by atoms with van der Waals surface area (Å²) in [6.07, 6.45) is -0.650. The van der Waals surface area contributed by atoms with Gasteiger partial charge in [-0.05, 0) is 37.8 Å². The third-order valence-corrected chi connectivity index (χ3v) is 6.02. The second-order valence-corrected chi connectivity index (χ2v) is 9.12. The fraction of sp³-hybridized carbons (Fsp3) is 0.625. The van der Waals surface area contributed by atoms with Gasteiger partial charge in [0.25, 0.3) is 0 Å². The van der Waals surface area contributed by atoms with Crippen LogP contribution in [0.5, 0.6) is 0 Å². The van der Waals surface area contributed by atoms with Crippen LogP contribution in [0.25, 0.3) is 0 Å². The minimum absolute atomic E-state index is 0.350. The lowest BCUT2D eigenvalue weighted by Crippen LogP contribution is -2.34. The summed E-state index contributed by atoms with van der Waals surface area (Å²) < 4.78 is 77.0. The normalized spacial score (nSPS) is 18.0. The van der Waals surface area contributed by atoms with Gasteiger partial charge in [0, 0.05) is 43.9 Å². The molecule has 0 spiro atoms. The molecule has 1 fully saturated rings. The maximum absolute atomic E-state index is 10.6. The predicted molar refractivity (Wildman–Crippen MR) is 124 cm³/mol. The largest absolute Gasteiger partial charge is 0.490 e. The molecule has 9 nitrogen and oxygen atoms in total. The third kappa shape index (κ3) is 10.9. The lowest BCUT2D eigenvalue weighted by Gasteiger charge is -2.31. The van der Waals surface area contributed by atoms with Crippen molar-refractivity contribution in [3.63, 3.8) is 0 Å². The highest BCUT2D eigenvalue weighted by Gasteiger charge is 2.39. The van der Waals surface area contributed by atoms with Gasteiger partial charge in [0.1, 0.15) is 5.76 Å².